The number of benzene rings is 1. The fraction of sp³-hybridized carbons (Fsp3) is 0.571. The largest absolute Gasteiger partial charge is 0.573 e. The van der Waals surface area contributed by atoms with Gasteiger partial charge in [0.25, 0.3) is 0 Å². The van der Waals surface area contributed by atoms with E-state index in [0.29, 0.717) is 5.56 Å². The molecule has 0 bridgehead atoms. The number of hydrogen-bond acceptors (Lipinski definition) is 3. The summed E-state index contributed by atoms with van der Waals surface area (Å²) in [6.07, 6.45) is -3.05. The molecular weight excluding hydrogens is 271 g/mol. The Morgan fingerprint density at radius 2 is 2.00 bits per heavy atom. The van der Waals surface area contributed by atoms with Gasteiger partial charge < -0.3 is 14.8 Å². The van der Waals surface area contributed by atoms with Crippen LogP contribution in [0.25, 0.3) is 0 Å². The molecule has 0 amide bonds. The Bertz CT molecular complexity index is 410. The lowest BCUT2D eigenvalue weighted by molar-refractivity contribution is -0.274. The van der Waals surface area contributed by atoms with Crippen molar-refractivity contribution in [2.45, 2.75) is 38.3 Å². The Hall–Kier alpha value is -1.27. The number of alkyl halides is 3. The van der Waals surface area contributed by atoms with E-state index in [1.54, 1.807) is 26.3 Å². The van der Waals surface area contributed by atoms with E-state index in [9.17, 15) is 13.2 Å². The zero-order chi connectivity index (χ0) is 15.2. The van der Waals surface area contributed by atoms with Crippen LogP contribution in [0.3, 0.4) is 0 Å². The zero-order valence-corrected chi connectivity index (χ0v) is 11.8. The van der Waals surface area contributed by atoms with Crippen LogP contribution in [0.4, 0.5) is 13.2 Å². The molecule has 0 saturated carbocycles. The van der Waals surface area contributed by atoms with E-state index < -0.39 is 6.36 Å². The van der Waals surface area contributed by atoms with Gasteiger partial charge in [0.2, 0.25) is 0 Å². The number of nitrogens with one attached hydrogen (secondary N) is 1. The number of rotatable bonds is 7. The molecule has 0 radical (unpaired) electrons. The summed E-state index contributed by atoms with van der Waals surface area (Å²) in [6, 6.07) is 5.78. The highest BCUT2D eigenvalue weighted by Gasteiger charge is 2.31. The first-order valence-corrected chi connectivity index (χ1v) is 6.47. The maximum atomic E-state index is 12.2. The van der Waals surface area contributed by atoms with Gasteiger partial charge in [-0.25, -0.2) is 0 Å². The van der Waals surface area contributed by atoms with Crippen molar-refractivity contribution in [1.82, 2.24) is 5.32 Å². The quantitative estimate of drug-likeness (QED) is 0.831. The van der Waals surface area contributed by atoms with Crippen LogP contribution >= 0.6 is 0 Å². The van der Waals surface area contributed by atoms with Crippen molar-refractivity contribution in [1.29, 1.82) is 0 Å². The molecule has 1 aromatic carbocycles. The summed E-state index contributed by atoms with van der Waals surface area (Å²) in [7, 11) is 3.35. The fourth-order valence-corrected chi connectivity index (χ4v) is 2.18. The lowest BCUT2D eigenvalue weighted by atomic mass is 9.98. The highest BCUT2D eigenvalue weighted by Crippen LogP contribution is 2.28. The Balaban J connectivity index is 2.95. The molecule has 20 heavy (non-hydrogen) atoms. The summed E-state index contributed by atoms with van der Waals surface area (Å²) in [4.78, 5) is 0. The van der Waals surface area contributed by atoms with Crippen LogP contribution in [-0.2, 0) is 4.74 Å². The first-order valence-electron chi connectivity index (χ1n) is 6.47. The minimum atomic E-state index is -4.68. The van der Waals surface area contributed by atoms with Crippen LogP contribution in [0.1, 0.15) is 31.4 Å². The van der Waals surface area contributed by atoms with E-state index in [1.165, 1.54) is 12.1 Å². The molecule has 1 N–H and O–H groups in total. The average molecular weight is 291 g/mol. The van der Waals surface area contributed by atoms with E-state index in [0.717, 1.165) is 12.8 Å². The second-order valence-corrected chi connectivity index (χ2v) is 4.45. The van der Waals surface area contributed by atoms with Crippen LogP contribution in [0, 0.1) is 0 Å². The third kappa shape index (κ3) is 5.02. The van der Waals surface area contributed by atoms with Crippen molar-refractivity contribution >= 4 is 0 Å². The molecule has 1 rings (SSSR count). The van der Waals surface area contributed by atoms with Gasteiger partial charge in [-0.2, -0.15) is 0 Å². The van der Waals surface area contributed by atoms with Crippen molar-refractivity contribution in [3.63, 3.8) is 0 Å². The highest BCUT2D eigenvalue weighted by atomic mass is 19.4. The van der Waals surface area contributed by atoms with Crippen LogP contribution in [-0.4, -0.2) is 26.6 Å². The molecule has 0 heterocycles. The Kier molecular flexibility index (Phi) is 6.29. The summed E-state index contributed by atoms with van der Waals surface area (Å²) < 4.78 is 46.1. The lowest BCUT2D eigenvalue weighted by Gasteiger charge is -2.26. The van der Waals surface area contributed by atoms with Gasteiger partial charge in [-0.05, 0) is 31.2 Å². The molecule has 0 aromatic heterocycles. The normalized spacial score (nSPS) is 14.9. The van der Waals surface area contributed by atoms with E-state index >= 15 is 0 Å². The molecular formula is C14H20F3NO2. The molecule has 0 spiro atoms. The summed E-state index contributed by atoms with van der Waals surface area (Å²) in [5.74, 6) is -0.221. The third-order valence-electron chi connectivity index (χ3n) is 3.01. The van der Waals surface area contributed by atoms with Crippen LogP contribution in [0.2, 0.25) is 0 Å². The van der Waals surface area contributed by atoms with Crippen LogP contribution < -0.4 is 10.1 Å². The van der Waals surface area contributed by atoms with Gasteiger partial charge in [0, 0.05) is 7.11 Å². The molecule has 0 fully saturated rings. The maximum Gasteiger partial charge on any atom is 0.573 e. The Labute approximate surface area is 117 Å². The first kappa shape index (κ1) is 16.8. The molecule has 0 aliphatic rings. The van der Waals surface area contributed by atoms with E-state index in [-0.39, 0.29) is 17.9 Å². The molecule has 114 valence electrons. The molecule has 3 nitrogen and oxygen atoms in total. The van der Waals surface area contributed by atoms with Gasteiger partial charge in [0.15, 0.2) is 0 Å². The van der Waals surface area contributed by atoms with Crippen molar-refractivity contribution in [2.75, 3.05) is 14.2 Å². The van der Waals surface area contributed by atoms with Gasteiger partial charge >= 0.3 is 6.36 Å². The Morgan fingerprint density at radius 1 is 1.30 bits per heavy atom. The average Bonchev–Trinajstić information content (AvgIpc) is 2.37. The van der Waals surface area contributed by atoms with Crippen molar-refractivity contribution in [2.24, 2.45) is 0 Å². The standard InChI is InChI=1S/C14H20F3NO2/c1-4-6-12(19-3)13(18-2)10-7-5-8-11(9-10)20-14(15,16)17/h5,7-9,12-13,18H,4,6H2,1-3H3. The molecule has 0 saturated heterocycles. The predicted octanol–water partition coefficient (Wildman–Crippen LogP) is 3.66. The highest BCUT2D eigenvalue weighted by molar-refractivity contribution is 5.31. The number of ether oxygens (including phenoxy) is 2. The Morgan fingerprint density at radius 3 is 2.50 bits per heavy atom. The van der Waals surface area contributed by atoms with Crippen molar-refractivity contribution in [3.8, 4) is 5.75 Å². The molecule has 6 heteroatoms. The van der Waals surface area contributed by atoms with Crippen molar-refractivity contribution in [3.05, 3.63) is 29.8 Å². The smallest absolute Gasteiger partial charge is 0.406 e. The summed E-state index contributed by atoms with van der Waals surface area (Å²) >= 11 is 0. The van der Waals surface area contributed by atoms with Gasteiger partial charge in [0.1, 0.15) is 5.75 Å². The molecule has 0 aliphatic carbocycles. The zero-order valence-electron chi connectivity index (χ0n) is 11.8. The van der Waals surface area contributed by atoms with Crippen molar-refractivity contribution < 1.29 is 22.6 Å². The van der Waals surface area contributed by atoms with Gasteiger partial charge in [-0.15, -0.1) is 13.2 Å². The third-order valence-corrected chi connectivity index (χ3v) is 3.01. The van der Waals surface area contributed by atoms with Crippen LogP contribution in [0.15, 0.2) is 24.3 Å². The number of halogens is 3. The van der Waals surface area contributed by atoms with E-state index in [2.05, 4.69) is 10.1 Å². The SMILES string of the molecule is CCCC(OC)C(NC)c1cccc(OC(F)(F)F)c1. The van der Waals surface area contributed by atoms with E-state index in [4.69, 9.17) is 4.74 Å². The van der Waals surface area contributed by atoms with E-state index in [1.807, 2.05) is 6.92 Å². The van der Waals surface area contributed by atoms with Gasteiger partial charge in [-0.1, -0.05) is 25.5 Å². The second-order valence-electron chi connectivity index (χ2n) is 4.45. The topological polar surface area (TPSA) is 30.5 Å². The van der Waals surface area contributed by atoms with Gasteiger partial charge in [0.05, 0.1) is 12.1 Å². The minimum Gasteiger partial charge on any atom is -0.406 e. The second kappa shape index (κ2) is 7.50. The summed E-state index contributed by atoms with van der Waals surface area (Å²) in [5.41, 5.74) is 0.703. The molecule has 2 unspecified atom stereocenters. The summed E-state index contributed by atoms with van der Waals surface area (Å²) in [6.45, 7) is 2.03. The van der Waals surface area contributed by atoms with Gasteiger partial charge in [-0.3, -0.25) is 0 Å². The molecule has 1 aromatic rings. The predicted molar refractivity (Wildman–Crippen MR) is 70.6 cm³/mol. The first-order chi connectivity index (χ1) is 9.41. The maximum absolute atomic E-state index is 12.2. The lowest BCUT2D eigenvalue weighted by Crippen LogP contribution is -2.31. The number of likely N-dealkylation sites (N-methyl/N-ethyl adjacent to an activating group) is 1. The minimum absolute atomic E-state index is 0.105. The molecule has 2 atom stereocenters. The monoisotopic (exact) mass is 291 g/mol. The van der Waals surface area contributed by atoms with Crippen LogP contribution in [0.5, 0.6) is 5.75 Å². The summed E-state index contributed by atoms with van der Waals surface area (Å²) in [5, 5.41) is 3.08. The number of hydrogen-bond donors (Lipinski definition) is 1. The number of methoxy groups -OCH3 is 1. The molecule has 0 aliphatic heterocycles. The fourth-order valence-electron chi connectivity index (χ4n) is 2.18.